The molecule has 1 amide bonds. The van der Waals surface area contributed by atoms with E-state index in [0.29, 0.717) is 16.6 Å². The molecule has 3 aromatic carbocycles. The summed E-state index contributed by atoms with van der Waals surface area (Å²) in [7, 11) is -3.93. The first-order valence-electron chi connectivity index (χ1n) is 9.97. The van der Waals surface area contributed by atoms with Gasteiger partial charge in [0, 0.05) is 11.6 Å². The molecule has 3 aromatic rings. The molecule has 0 aliphatic rings. The van der Waals surface area contributed by atoms with Crippen molar-refractivity contribution in [2.75, 3.05) is 10.8 Å². The Morgan fingerprint density at radius 2 is 1.55 bits per heavy atom. The molecule has 0 aliphatic carbocycles. The minimum Gasteiger partial charge on any atom is -0.350 e. The molecule has 0 radical (unpaired) electrons. The fourth-order valence-corrected chi connectivity index (χ4v) is 4.73. The smallest absolute Gasteiger partial charge is 0.264 e. The largest absolute Gasteiger partial charge is 0.350 e. The van der Waals surface area contributed by atoms with Crippen LogP contribution in [0.3, 0.4) is 0 Å². The highest BCUT2D eigenvalue weighted by Crippen LogP contribution is 2.26. The van der Waals surface area contributed by atoms with Crippen LogP contribution < -0.4 is 9.62 Å². The highest BCUT2D eigenvalue weighted by atomic mass is 35.5. The van der Waals surface area contributed by atoms with Crippen LogP contribution >= 0.6 is 11.6 Å². The lowest BCUT2D eigenvalue weighted by atomic mass is 10.0. The van der Waals surface area contributed by atoms with E-state index in [9.17, 15) is 13.2 Å². The van der Waals surface area contributed by atoms with Crippen molar-refractivity contribution in [1.82, 2.24) is 5.32 Å². The van der Waals surface area contributed by atoms with Gasteiger partial charge in [-0.3, -0.25) is 9.10 Å². The van der Waals surface area contributed by atoms with Crippen LogP contribution in [0.1, 0.15) is 30.9 Å². The molecule has 1 N–H and O–H groups in total. The number of sulfonamides is 1. The van der Waals surface area contributed by atoms with Gasteiger partial charge in [-0.1, -0.05) is 74.0 Å². The Kier molecular flexibility index (Phi) is 7.36. The van der Waals surface area contributed by atoms with Crippen LogP contribution in [-0.2, 0) is 21.4 Å². The van der Waals surface area contributed by atoms with E-state index in [4.69, 9.17) is 11.6 Å². The van der Waals surface area contributed by atoms with Crippen molar-refractivity contribution in [2.24, 2.45) is 0 Å². The van der Waals surface area contributed by atoms with E-state index in [2.05, 4.69) is 19.2 Å². The Morgan fingerprint density at radius 1 is 0.935 bits per heavy atom. The third-order valence-corrected chi connectivity index (χ3v) is 7.06. The molecule has 0 aliphatic heterocycles. The topological polar surface area (TPSA) is 66.5 Å². The van der Waals surface area contributed by atoms with Gasteiger partial charge in [0.05, 0.1) is 10.6 Å². The van der Waals surface area contributed by atoms with Crippen LogP contribution in [0.25, 0.3) is 0 Å². The average molecular weight is 457 g/mol. The van der Waals surface area contributed by atoms with Crippen molar-refractivity contribution < 1.29 is 13.2 Å². The van der Waals surface area contributed by atoms with Crippen LogP contribution in [0.2, 0.25) is 5.02 Å². The van der Waals surface area contributed by atoms with Crippen LogP contribution in [-0.4, -0.2) is 20.9 Å². The summed E-state index contributed by atoms with van der Waals surface area (Å²) >= 11 is 6.14. The van der Waals surface area contributed by atoms with Gasteiger partial charge in [0.25, 0.3) is 10.0 Å². The van der Waals surface area contributed by atoms with E-state index < -0.39 is 15.9 Å². The van der Waals surface area contributed by atoms with Crippen molar-refractivity contribution in [3.8, 4) is 0 Å². The lowest BCUT2D eigenvalue weighted by Crippen LogP contribution is -2.40. The fraction of sp³-hybridized carbons (Fsp3) is 0.208. The van der Waals surface area contributed by atoms with Gasteiger partial charge in [-0.25, -0.2) is 8.42 Å². The molecule has 7 heteroatoms. The van der Waals surface area contributed by atoms with E-state index in [1.807, 2.05) is 30.3 Å². The number of halogens is 1. The first-order chi connectivity index (χ1) is 14.8. The third-order valence-electron chi connectivity index (χ3n) is 4.90. The summed E-state index contributed by atoms with van der Waals surface area (Å²) in [4.78, 5) is 12.8. The number of nitrogens with zero attached hydrogens (tertiary/aromatic N) is 1. The summed E-state index contributed by atoms with van der Waals surface area (Å²) < 4.78 is 27.8. The number of amides is 1. The van der Waals surface area contributed by atoms with Crippen molar-refractivity contribution in [1.29, 1.82) is 0 Å². The monoisotopic (exact) mass is 456 g/mol. The fourth-order valence-electron chi connectivity index (χ4n) is 3.08. The summed E-state index contributed by atoms with van der Waals surface area (Å²) in [5, 5.41) is 3.31. The molecular weight excluding hydrogens is 432 g/mol. The average Bonchev–Trinajstić information content (AvgIpc) is 2.77. The van der Waals surface area contributed by atoms with Crippen molar-refractivity contribution in [3.05, 3.63) is 95.0 Å². The number of carbonyl (C=O) groups excluding carboxylic acids is 1. The maximum atomic E-state index is 13.3. The predicted molar refractivity (Wildman–Crippen MR) is 125 cm³/mol. The molecule has 0 saturated carbocycles. The lowest BCUT2D eigenvalue weighted by molar-refractivity contribution is -0.119. The van der Waals surface area contributed by atoms with Gasteiger partial charge in [-0.15, -0.1) is 0 Å². The summed E-state index contributed by atoms with van der Waals surface area (Å²) in [5.74, 6) is -0.112. The van der Waals surface area contributed by atoms with E-state index >= 15 is 0 Å². The first-order valence-corrected chi connectivity index (χ1v) is 11.8. The standard InChI is InChI=1S/C24H25ClN2O3S/c1-18(2)19-12-14-21(15-13-19)27(31(29,30)22-9-4-3-5-10-22)17-24(28)26-16-20-8-6-7-11-23(20)25/h3-15,18H,16-17H2,1-2H3,(H,26,28). The van der Waals surface area contributed by atoms with Gasteiger partial charge in [0.15, 0.2) is 0 Å². The zero-order valence-corrected chi connectivity index (χ0v) is 19.0. The molecule has 0 fully saturated rings. The number of benzene rings is 3. The van der Waals surface area contributed by atoms with E-state index in [-0.39, 0.29) is 18.0 Å². The number of hydrogen-bond donors (Lipinski definition) is 1. The molecule has 0 unspecified atom stereocenters. The minimum atomic E-state index is -3.93. The Bertz CT molecular complexity index is 1130. The number of nitrogens with one attached hydrogen (secondary N) is 1. The molecule has 0 bridgehead atoms. The SMILES string of the molecule is CC(C)c1ccc(N(CC(=O)NCc2ccccc2Cl)S(=O)(=O)c2ccccc2)cc1. The van der Waals surface area contributed by atoms with Gasteiger partial charge in [-0.05, 0) is 47.4 Å². The molecule has 0 saturated heterocycles. The number of hydrogen-bond acceptors (Lipinski definition) is 3. The number of rotatable bonds is 8. The molecular formula is C24H25ClN2O3S. The molecule has 5 nitrogen and oxygen atoms in total. The highest BCUT2D eigenvalue weighted by Gasteiger charge is 2.27. The van der Waals surface area contributed by atoms with Crippen molar-refractivity contribution in [2.45, 2.75) is 31.2 Å². The van der Waals surface area contributed by atoms with Crippen LogP contribution in [0.5, 0.6) is 0 Å². The number of carbonyl (C=O) groups is 1. The van der Waals surface area contributed by atoms with Crippen LogP contribution in [0.4, 0.5) is 5.69 Å². The van der Waals surface area contributed by atoms with Gasteiger partial charge in [-0.2, -0.15) is 0 Å². The Labute approximate surface area is 188 Å². The third kappa shape index (κ3) is 5.66. The second-order valence-electron chi connectivity index (χ2n) is 7.44. The lowest BCUT2D eigenvalue weighted by Gasteiger charge is -2.24. The summed E-state index contributed by atoms with van der Waals surface area (Å²) in [6.45, 7) is 4.00. The van der Waals surface area contributed by atoms with E-state index in [1.165, 1.54) is 12.1 Å². The zero-order valence-electron chi connectivity index (χ0n) is 17.5. The summed E-state index contributed by atoms with van der Waals surface area (Å²) in [6, 6.07) is 22.5. The van der Waals surface area contributed by atoms with Gasteiger partial charge >= 0.3 is 0 Å². The van der Waals surface area contributed by atoms with Gasteiger partial charge < -0.3 is 5.32 Å². The Morgan fingerprint density at radius 3 is 2.16 bits per heavy atom. The zero-order chi connectivity index (χ0) is 22.4. The molecule has 0 aromatic heterocycles. The minimum absolute atomic E-state index is 0.127. The normalized spacial score (nSPS) is 11.4. The Hall–Kier alpha value is -2.83. The maximum Gasteiger partial charge on any atom is 0.264 e. The first kappa shape index (κ1) is 22.8. The van der Waals surface area contributed by atoms with E-state index in [0.717, 1.165) is 15.4 Å². The predicted octanol–water partition coefficient (Wildman–Crippen LogP) is 4.98. The number of anilines is 1. The second kappa shape index (κ2) is 9.98. The summed E-state index contributed by atoms with van der Waals surface area (Å²) in [5.41, 5.74) is 2.28. The molecule has 3 rings (SSSR count). The van der Waals surface area contributed by atoms with Crippen molar-refractivity contribution in [3.63, 3.8) is 0 Å². The second-order valence-corrected chi connectivity index (χ2v) is 9.71. The summed E-state index contributed by atoms with van der Waals surface area (Å²) in [6.07, 6.45) is 0. The molecule has 162 valence electrons. The molecule has 0 spiro atoms. The van der Waals surface area contributed by atoms with E-state index in [1.54, 1.807) is 36.4 Å². The van der Waals surface area contributed by atoms with Gasteiger partial charge in [0.2, 0.25) is 5.91 Å². The quantitative estimate of drug-likeness (QED) is 0.520. The van der Waals surface area contributed by atoms with Crippen LogP contribution in [0, 0.1) is 0 Å². The van der Waals surface area contributed by atoms with Gasteiger partial charge in [0.1, 0.15) is 6.54 Å². The van der Waals surface area contributed by atoms with Crippen LogP contribution in [0.15, 0.2) is 83.8 Å². The van der Waals surface area contributed by atoms with Crippen molar-refractivity contribution >= 4 is 33.2 Å². The maximum absolute atomic E-state index is 13.3. The molecule has 0 heterocycles. The Balaban J connectivity index is 1.87. The molecule has 31 heavy (non-hydrogen) atoms. The highest BCUT2D eigenvalue weighted by molar-refractivity contribution is 7.92. The molecule has 0 atom stereocenters.